The molecule has 3 heteroatoms. The van der Waals surface area contributed by atoms with Crippen molar-refractivity contribution in [2.45, 2.75) is 116 Å². The van der Waals surface area contributed by atoms with Gasteiger partial charge in [0.05, 0.1) is 17.9 Å². The Morgan fingerprint density at radius 1 is 0.970 bits per heavy atom. The molecule has 0 radical (unpaired) electrons. The van der Waals surface area contributed by atoms with E-state index in [9.17, 15) is 5.11 Å². The Morgan fingerprint density at radius 2 is 1.64 bits per heavy atom. The lowest BCUT2D eigenvalue weighted by atomic mass is 9.69. The monoisotopic (exact) mass is 447 g/mol. The van der Waals surface area contributed by atoms with Gasteiger partial charge in [-0.25, -0.2) is 0 Å². The van der Waals surface area contributed by atoms with Crippen LogP contribution in [0.2, 0.25) is 0 Å². The van der Waals surface area contributed by atoms with Crippen molar-refractivity contribution in [3.8, 4) is 0 Å². The quantitative estimate of drug-likeness (QED) is 0.515. The van der Waals surface area contributed by atoms with Crippen LogP contribution in [0, 0.1) is 5.41 Å². The van der Waals surface area contributed by atoms with E-state index in [1.54, 1.807) is 0 Å². The minimum atomic E-state index is -0.432. The molecule has 33 heavy (non-hydrogen) atoms. The summed E-state index contributed by atoms with van der Waals surface area (Å²) in [5, 5.41) is 11.4. The fraction of sp³-hybridized carbons (Fsp3) is 0.633. The van der Waals surface area contributed by atoms with Crippen LogP contribution in [0.4, 0.5) is 0 Å². The summed E-state index contributed by atoms with van der Waals surface area (Å²) in [6, 6.07) is 9.00. The predicted molar refractivity (Wildman–Crippen MR) is 134 cm³/mol. The van der Waals surface area contributed by atoms with E-state index in [0.717, 1.165) is 29.8 Å². The van der Waals surface area contributed by atoms with Gasteiger partial charge in [0, 0.05) is 16.8 Å². The van der Waals surface area contributed by atoms with E-state index < -0.39 is 6.10 Å². The molecule has 0 spiro atoms. The molecule has 2 aliphatic carbocycles. The van der Waals surface area contributed by atoms with Crippen LogP contribution in [0.3, 0.4) is 0 Å². The van der Waals surface area contributed by atoms with Crippen LogP contribution < -0.4 is 0 Å². The molecule has 0 saturated heterocycles. The second kappa shape index (κ2) is 8.20. The number of rotatable bonds is 2. The lowest BCUT2D eigenvalue weighted by Crippen LogP contribution is -2.29. The third-order valence-corrected chi connectivity index (χ3v) is 8.23. The molecular weight excluding hydrogens is 406 g/mol. The molecule has 178 valence electrons. The first-order chi connectivity index (χ1) is 15.5. The second-order valence-electron chi connectivity index (χ2n) is 12.6. The van der Waals surface area contributed by atoms with Crippen LogP contribution in [-0.4, -0.2) is 10.1 Å². The summed E-state index contributed by atoms with van der Waals surface area (Å²) in [6.45, 7) is 13.4. The van der Waals surface area contributed by atoms with Gasteiger partial charge >= 0.3 is 0 Å². The van der Waals surface area contributed by atoms with Gasteiger partial charge in [-0.05, 0) is 66.0 Å². The van der Waals surface area contributed by atoms with Crippen molar-refractivity contribution in [1.29, 1.82) is 0 Å². The van der Waals surface area contributed by atoms with Gasteiger partial charge in [-0.15, -0.1) is 0 Å². The van der Waals surface area contributed by atoms with Crippen molar-refractivity contribution >= 4 is 0 Å². The summed E-state index contributed by atoms with van der Waals surface area (Å²) in [5.74, 6) is 0.505. The van der Waals surface area contributed by atoms with Gasteiger partial charge in [-0.2, -0.15) is 0 Å². The summed E-state index contributed by atoms with van der Waals surface area (Å²) in [4.78, 5) is 5.22. The zero-order valence-electron chi connectivity index (χ0n) is 21.4. The molecule has 1 N–H and O–H groups in total. The van der Waals surface area contributed by atoms with Gasteiger partial charge in [0.1, 0.15) is 6.10 Å². The highest BCUT2D eigenvalue weighted by Crippen LogP contribution is 2.53. The summed E-state index contributed by atoms with van der Waals surface area (Å²) >= 11 is 0. The topological polar surface area (TPSA) is 42.4 Å². The molecule has 1 aromatic carbocycles. The zero-order valence-corrected chi connectivity index (χ0v) is 21.4. The summed E-state index contributed by atoms with van der Waals surface area (Å²) in [7, 11) is 0. The van der Waals surface area contributed by atoms with Crippen molar-refractivity contribution in [3.05, 3.63) is 63.5 Å². The van der Waals surface area contributed by atoms with Gasteiger partial charge in [0.15, 0.2) is 0 Å². The number of nitrogens with zero attached hydrogens (tertiary/aromatic N) is 1. The first kappa shape index (κ1) is 23.1. The molecule has 3 nitrogen and oxygen atoms in total. The van der Waals surface area contributed by atoms with Crippen LogP contribution >= 0.6 is 0 Å². The van der Waals surface area contributed by atoms with E-state index in [-0.39, 0.29) is 23.0 Å². The standard InChI is InChI=1S/C30H41NO2/c1-18-27-26(28(33-18)20-12-14-21(15-13-20)29(2,3)4)24(19-10-8-7-9-11-19)25-22(31-27)16-30(5,6)17-23(25)32/h12-15,18-19,23,28,32H,7-11,16-17H2,1-6H3/t18?,23-,28?/m0/s1. The number of ether oxygens (including phenoxy) is 1. The Bertz CT molecular complexity index is 1020. The minimum Gasteiger partial charge on any atom is -0.388 e. The summed E-state index contributed by atoms with van der Waals surface area (Å²) in [5.41, 5.74) is 8.80. The Kier molecular flexibility index (Phi) is 5.73. The number of hydrogen-bond donors (Lipinski definition) is 1. The molecule has 3 atom stereocenters. The molecule has 3 aliphatic rings. The number of aliphatic hydroxyl groups is 1. The smallest absolute Gasteiger partial charge is 0.111 e. The van der Waals surface area contributed by atoms with Crippen LogP contribution in [-0.2, 0) is 16.6 Å². The van der Waals surface area contributed by atoms with Crippen molar-refractivity contribution in [1.82, 2.24) is 4.98 Å². The van der Waals surface area contributed by atoms with Gasteiger partial charge in [0.2, 0.25) is 0 Å². The van der Waals surface area contributed by atoms with E-state index in [0.29, 0.717) is 5.92 Å². The fourth-order valence-corrected chi connectivity index (χ4v) is 6.52. The van der Waals surface area contributed by atoms with Crippen LogP contribution in [0.1, 0.15) is 144 Å². The number of aliphatic hydroxyl groups excluding tert-OH is 1. The lowest BCUT2D eigenvalue weighted by molar-refractivity contribution is 0.0436. The van der Waals surface area contributed by atoms with Crippen molar-refractivity contribution in [3.63, 3.8) is 0 Å². The highest BCUT2D eigenvalue weighted by Gasteiger charge is 2.43. The van der Waals surface area contributed by atoms with E-state index in [1.165, 1.54) is 54.4 Å². The SMILES string of the molecule is CC1OC(c2ccc(C(C)(C)C)cc2)c2c1nc1c(c2C2CCCCC2)[C@@H](O)CC(C)(C)C1. The van der Waals surface area contributed by atoms with Crippen molar-refractivity contribution in [2.24, 2.45) is 5.41 Å². The second-order valence-corrected chi connectivity index (χ2v) is 12.6. The third kappa shape index (κ3) is 4.17. The largest absolute Gasteiger partial charge is 0.388 e. The van der Waals surface area contributed by atoms with E-state index in [1.807, 2.05) is 0 Å². The summed E-state index contributed by atoms with van der Waals surface area (Å²) < 4.78 is 6.64. The van der Waals surface area contributed by atoms with Crippen LogP contribution in [0.15, 0.2) is 24.3 Å². The molecule has 0 amide bonds. The number of hydrogen-bond acceptors (Lipinski definition) is 3. The van der Waals surface area contributed by atoms with Gasteiger partial charge < -0.3 is 9.84 Å². The van der Waals surface area contributed by atoms with Crippen molar-refractivity contribution in [2.75, 3.05) is 0 Å². The van der Waals surface area contributed by atoms with E-state index >= 15 is 0 Å². The number of aromatic nitrogens is 1. The lowest BCUT2D eigenvalue weighted by Gasteiger charge is -2.38. The first-order valence-corrected chi connectivity index (χ1v) is 13.1. The Balaban J connectivity index is 1.67. The molecular formula is C30H41NO2. The molecule has 1 saturated carbocycles. The first-order valence-electron chi connectivity index (χ1n) is 13.1. The Labute approximate surface area is 200 Å². The van der Waals surface area contributed by atoms with E-state index in [2.05, 4.69) is 65.8 Å². The third-order valence-electron chi connectivity index (χ3n) is 8.23. The molecule has 1 aliphatic heterocycles. The maximum atomic E-state index is 11.4. The molecule has 2 heterocycles. The molecule has 0 bridgehead atoms. The Hall–Kier alpha value is -1.71. The molecule has 2 unspecified atom stereocenters. The zero-order chi connectivity index (χ0) is 23.5. The average molecular weight is 448 g/mol. The van der Waals surface area contributed by atoms with Gasteiger partial charge in [-0.3, -0.25) is 4.98 Å². The van der Waals surface area contributed by atoms with Crippen molar-refractivity contribution < 1.29 is 9.84 Å². The average Bonchev–Trinajstić information content (AvgIpc) is 3.08. The van der Waals surface area contributed by atoms with Gasteiger partial charge in [0.25, 0.3) is 0 Å². The normalized spacial score (nSPS) is 27.3. The van der Waals surface area contributed by atoms with Gasteiger partial charge in [-0.1, -0.05) is 78.1 Å². The highest BCUT2D eigenvalue weighted by molar-refractivity contribution is 5.52. The van der Waals surface area contributed by atoms with Crippen LogP contribution in [0.5, 0.6) is 0 Å². The number of benzene rings is 1. The molecule has 2 aromatic rings. The predicted octanol–water partition coefficient (Wildman–Crippen LogP) is 7.61. The molecule has 1 fully saturated rings. The maximum Gasteiger partial charge on any atom is 0.111 e. The molecule has 1 aromatic heterocycles. The Morgan fingerprint density at radius 3 is 2.27 bits per heavy atom. The number of fused-ring (bicyclic) bond motifs is 2. The number of pyridine rings is 1. The van der Waals surface area contributed by atoms with E-state index in [4.69, 9.17) is 9.72 Å². The fourth-order valence-electron chi connectivity index (χ4n) is 6.52. The highest BCUT2D eigenvalue weighted by atomic mass is 16.5. The molecule has 5 rings (SSSR count). The minimum absolute atomic E-state index is 0.0258. The van der Waals surface area contributed by atoms with Crippen LogP contribution in [0.25, 0.3) is 0 Å². The maximum absolute atomic E-state index is 11.4. The summed E-state index contributed by atoms with van der Waals surface area (Å²) in [6.07, 6.45) is 7.49.